The van der Waals surface area contributed by atoms with Gasteiger partial charge in [-0.1, -0.05) is 11.6 Å². The summed E-state index contributed by atoms with van der Waals surface area (Å²) in [5.41, 5.74) is 0.648. The van der Waals surface area contributed by atoms with E-state index in [0.717, 1.165) is 0 Å². The normalized spacial score (nSPS) is 9.73. The van der Waals surface area contributed by atoms with Gasteiger partial charge in [-0.25, -0.2) is 5.11 Å². The van der Waals surface area contributed by atoms with Gasteiger partial charge in [-0.3, -0.25) is 0 Å². The van der Waals surface area contributed by atoms with Crippen molar-refractivity contribution in [1.29, 1.82) is 0 Å². The maximum atomic E-state index is 10.4. The highest BCUT2D eigenvalue weighted by atomic mass is 35.5. The molecule has 0 aliphatic rings. The highest BCUT2D eigenvalue weighted by molar-refractivity contribution is 6.30. The van der Waals surface area contributed by atoms with E-state index in [1.807, 2.05) is 0 Å². The molecule has 0 atom stereocenters. The van der Waals surface area contributed by atoms with Crippen molar-refractivity contribution >= 4 is 11.6 Å². The Morgan fingerprint density at radius 3 is 2.73 bits per heavy atom. The van der Waals surface area contributed by atoms with Gasteiger partial charge in [-0.2, -0.15) is 0 Å². The molecule has 0 saturated heterocycles. The maximum absolute atomic E-state index is 10.4. The number of benzene rings is 1. The van der Waals surface area contributed by atoms with Crippen LogP contribution in [0.15, 0.2) is 18.2 Å². The third kappa shape index (κ3) is 2.10. The number of halogens is 1. The Balaban J connectivity index is 3.02. The standard InChI is InChI=1S/C8H8ClO2/c1-11-8-3-6(5-10)2-7(9)4-8/h2-4H,5H2,1H3. The molecular formula is C8H8ClO2. The second-order valence-electron chi connectivity index (χ2n) is 2.14. The lowest BCUT2D eigenvalue weighted by Crippen LogP contribution is -1.86. The van der Waals surface area contributed by atoms with Crippen molar-refractivity contribution in [2.24, 2.45) is 0 Å². The molecule has 1 radical (unpaired) electrons. The van der Waals surface area contributed by atoms with Crippen molar-refractivity contribution in [3.05, 3.63) is 28.8 Å². The molecule has 0 aliphatic heterocycles. The zero-order valence-corrected chi connectivity index (χ0v) is 6.89. The third-order valence-corrected chi connectivity index (χ3v) is 1.55. The van der Waals surface area contributed by atoms with E-state index in [9.17, 15) is 5.11 Å². The lowest BCUT2D eigenvalue weighted by Gasteiger charge is -2.01. The molecule has 1 aromatic carbocycles. The monoisotopic (exact) mass is 171 g/mol. The summed E-state index contributed by atoms with van der Waals surface area (Å²) >= 11 is 5.69. The summed E-state index contributed by atoms with van der Waals surface area (Å²) in [5.74, 6) is 0.628. The summed E-state index contributed by atoms with van der Waals surface area (Å²) in [4.78, 5) is 0. The summed E-state index contributed by atoms with van der Waals surface area (Å²) in [7, 11) is 1.54. The van der Waals surface area contributed by atoms with Gasteiger partial charge in [0.1, 0.15) is 12.4 Å². The Bertz CT molecular complexity index is 226. The Morgan fingerprint density at radius 1 is 1.45 bits per heavy atom. The SMILES string of the molecule is COc1cc(Cl)cc(C[O])c1. The summed E-state index contributed by atoms with van der Waals surface area (Å²) in [6, 6.07) is 4.98. The van der Waals surface area contributed by atoms with Crippen LogP contribution in [-0.2, 0) is 11.7 Å². The number of methoxy groups -OCH3 is 1. The smallest absolute Gasteiger partial charge is 0.120 e. The number of hydrogen-bond acceptors (Lipinski definition) is 1. The van der Waals surface area contributed by atoms with Crippen LogP contribution in [0.3, 0.4) is 0 Å². The summed E-state index contributed by atoms with van der Waals surface area (Å²) in [6.07, 6.45) is 0. The van der Waals surface area contributed by atoms with Gasteiger partial charge < -0.3 is 4.74 Å². The molecule has 0 bridgehead atoms. The average molecular weight is 172 g/mol. The van der Waals surface area contributed by atoms with Crippen LogP contribution in [0.25, 0.3) is 0 Å². The Hall–Kier alpha value is -0.730. The van der Waals surface area contributed by atoms with Gasteiger partial charge in [-0.05, 0) is 23.8 Å². The molecule has 11 heavy (non-hydrogen) atoms. The molecule has 0 fully saturated rings. The van der Waals surface area contributed by atoms with Gasteiger partial charge in [0.05, 0.1) is 7.11 Å². The molecule has 0 heterocycles. The fraction of sp³-hybridized carbons (Fsp3) is 0.250. The number of rotatable bonds is 2. The van der Waals surface area contributed by atoms with E-state index in [1.165, 1.54) is 0 Å². The Kier molecular flexibility index (Phi) is 2.74. The van der Waals surface area contributed by atoms with Crippen LogP contribution < -0.4 is 4.74 Å². The van der Waals surface area contributed by atoms with Crippen molar-refractivity contribution in [3.8, 4) is 5.75 Å². The van der Waals surface area contributed by atoms with E-state index >= 15 is 0 Å². The van der Waals surface area contributed by atoms with Crippen LogP contribution in [0.4, 0.5) is 0 Å². The topological polar surface area (TPSA) is 29.1 Å². The number of hydrogen-bond donors (Lipinski definition) is 0. The minimum absolute atomic E-state index is 0.267. The molecule has 2 nitrogen and oxygen atoms in total. The molecule has 1 aromatic rings. The van der Waals surface area contributed by atoms with Crippen LogP contribution in [-0.4, -0.2) is 7.11 Å². The Labute approximate surface area is 70.4 Å². The summed E-state index contributed by atoms with van der Waals surface area (Å²) in [6.45, 7) is -0.267. The zero-order chi connectivity index (χ0) is 8.27. The van der Waals surface area contributed by atoms with Gasteiger partial charge in [0, 0.05) is 5.02 Å². The fourth-order valence-electron chi connectivity index (χ4n) is 0.822. The van der Waals surface area contributed by atoms with Crippen molar-refractivity contribution in [2.45, 2.75) is 6.61 Å². The lowest BCUT2D eigenvalue weighted by molar-refractivity contribution is 0.177. The minimum Gasteiger partial charge on any atom is -0.497 e. The second kappa shape index (κ2) is 3.60. The molecular weight excluding hydrogens is 164 g/mol. The number of ether oxygens (including phenoxy) is 1. The predicted molar refractivity (Wildman–Crippen MR) is 42.4 cm³/mol. The zero-order valence-electron chi connectivity index (χ0n) is 6.13. The first-order valence-electron chi connectivity index (χ1n) is 3.18. The third-order valence-electron chi connectivity index (χ3n) is 1.33. The molecule has 0 unspecified atom stereocenters. The molecule has 0 aromatic heterocycles. The first kappa shape index (κ1) is 8.37. The molecule has 0 saturated carbocycles. The van der Waals surface area contributed by atoms with Gasteiger partial charge in [0.25, 0.3) is 0 Å². The molecule has 0 spiro atoms. The first-order chi connectivity index (χ1) is 5.26. The van der Waals surface area contributed by atoms with Gasteiger partial charge in [0.2, 0.25) is 0 Å². The van der Waals surface area contributed by atoms with Crippen molar-refractivity contribution in [3.63, 3.8) is 0 Å². The van der Waals surface area contributed by atoms with E-state index in [-0.39, 0.29) is 6.61 Å². The average Bonchev–Trinajstić information content (AvgIpc) is 2.03. The largest absolute Gasteiger partial charge is 0.497 e. The van der Waals surface area contributed by atoms with E-state index in [2.05, 4.69) is 0 Å². The molecule has 3 heteroatoms. The molecule has 0 amide bonds. The van der Waals surface area contributed by atoms with Crippen LogP contribution in [0.1, 0.15) is 5.56 Å². The highest BCUT2D eigenvalue weighted by Crippen LogP contribution is 2.20. The van der Waals surface area contributed by atoms with Crippen LogP contribution >= 0.6 is 11.6 Å². The lowest BCUT2D eigenvalue weighted by atomic mass is 10.2. The molecule has 1 rings (SSSR count). The molecule has 59 valence electrons. The fourth-order valence-corrected chi connectivity index (χ4v) is 1.07. The van der Waals surface area contributed by atoms with Gasteiger partial charge >= 0.3 is 0 Å². The highest BCUT2D eigenvalue weighted by Gasteiger charge is 1.98. The van der Waals surface area contributed by atoms with Crippen LogP contribution in [0.5, 0.6) is 5.75 Å². The minimum atomic E-state index is -0.267. The van der Waals surface area contributed by atoms with Gasteiger partial charge in [0.15, 0.2) is 0 Å². The van der Waals surface area contributed by atoms with E-state index in [4.69, 9.17) is 16.3 Å². The molecule has 0 N–H and O–H groups in total. The van der Waals surface area contributed by atoms with Crippen molar-refractivity contribution in [1.82, 2.24) is 0 Å². The van der Waals surface area contributed by atoms with E-state index in [0.29, 0.717) is 16.3 Å². The van der Waals surface area contributed by atoms with E-state index in [1.54, 1.807) is 25.3 Å². The van der Waals surface area contributed by atoms with Crippen LogP contribution in [0, 0.1) is 0 Å². The van der Waals surface area contributed by atoms with E-state index < -0.39 is 0 Å². The maximum Gasteiger partial charge on any atom is 0.120 e. The Morgan fingerprint density at radius 2 is 2.18 bits per heavy atom. The second-order valence-corrected chi connectivity index (χ2v) is 2.58. The van der Waals surface area contributed by atoms with Crippen molar-refractivity contribution < 1.29 is 9.84 Å². The quantitative estimate of drug-likeness (QED) is 0.671. The van der Waals surface area contributed by atoms with Crippen molar-refractivity contribution in [2.75, 3.05) is 7.11 Å². The summed E-state index contributed by atoms with van der Waals surface area (Å²) < 4.78 is 4.91. The first-order valence-corrected chi connectivity index (χ1v) is 3.55. The summed E-state index contributed by atoms with van der Waals surface area (Å²) in [5, 5.41) is 11.0. The predicted octanol–water partition coefficient (Wildman–Crippen LogP) is 2.28. The van der Waals surface area contributed by atoms with Gasteiger partial charge in [-0.15, -0.1) is 0 Å². The molecule has 0 aliphatic carbocycles. The van der Waals surface area contributed by atoms with Crippen LogP contribution in [0.2, 0.25) is 5.02 Å².